The lowest BCUT2D eigenvalue weighted by Crippen LogP contribution is -2.40. The molecule has 3 rings (SSSR count). The van der Waals surface area contributed by atoms with Gasteiger partial charge in [-0.2, -0.15) is 4.98 Å². The van der Waals surface area contributed by atoms with Gasteiger partial charge >= 0.3 is 0 Å². The summed E-state index contributed by atoms with van der Waals surface area (Å²) >= 11 is 5.99. The fourth-order valence-corrected chi connectivity index (χ4v) is 2.97. The zero-order valence-corrected chi connectivity index (χ0v) is 12.8. The summed E-state index contributed by atoms with van der Waals surface area (Å²) in [5.41, 5.74) is 0.894. The lowest BCUT2D eigenvalue weighted by molar-refractivity contribution is 0.496. The minimum atomic E-state index is 0.148. The standard InChI is InChI=1S/C13H17ClN6/c1-5-9-12-18-17-8(4)20(12)10-6-15-13(14)16-11(10)19(9)7(2)3/h6-7,9H,5H2,1-4H3/t9-/m1/s1. The molecule has 0 fully saturated rings. The van der Waals surface area contributed by atoms with Crippen molar-refractivity contribution in [3.8, 4) is 5.69 Å². The molecule has 0 bridgehead atoms. The molecule has 0 N–H and O–H groups in total. The second-order valence-corrected chi connectivity index (χ2v) is 5.55. The highest BCUT2D eigenvalue weighted by atomic mass is 35.5. The van der Waals surface area contributed by atoms with Crippen molar-refractivity contribution in [2.75, 3.05) is 4.90 Å². The predicted octanol–water partition coefficient (Wildman–Crippen LogP) is 2.70. The van der Waals surface area contributed by atoms with Gasteiger partial charge in [-0.3, -0.25) is 4.57 Å². The molecule has 0 saturated carbocycles. The van der Waals surface area contributed by atoms with Crippen LogP contribution in [0, 0.1) is 6.92 Å². The molecule has 6 nitrogen and oxygen atoms in total. The van der Waals surface area contributed by atoms with Gasteiger partial charge in [0, 0.05) is 6.04 Å². The first-order valence-electron chi connectivity index (χ1n) is 6.77. The SMILES string of the molecule is CC[C@@H]1c2nnc(C)n2-c2cnc(Cl)nc2N1C(C)C. The molecule has 1 aliphatic rings. The third-order valence-corrected chi connectivity index (χ3v) is 3.81. The number of rotatable bonds is 2. The normalized spacial score (nSPS) is 17.3. The van der Waals surface area contributed by atoms with Crippen molar-refractivity contribution < 1.29 is 0 Å². The van der Waals surface area contributed by atoms with E-state index in [1.165, 1.54) is 0 Å². The third-order valence-electron chi connectivity index (χ3n) is 3.63. The second kappa shape index (κ2) is 4.70. The molecule has 0 spiro atoms. The van der Waals surface area contributed by atoms with Crippen LogP contribution in [-0.4, -0.2) is 30.8 Å². The van der Waals surface area contributed by atoms with E-state index in [2.05, 4.69) is 45.8 Å². The highest BCUT2D eigenvalue weighted by Crippen LogP contribution is 2.39. The van der Waals surface area contributed by atoms with E-state index in [1.54, 1.807) is 6.20 Å². The van der Waals surface area contributed by atoms with Gasteiger partial charge in [0.15, 0.2) is 11.6 Å². The van der Waals surface area contributed by atoms with Gasteiger partial charge in [-0.05, 0) is 38.8 Å². The first-order chi connectivity index (χ1) is 9.54. The van der Waals surface area contributed by atoms with Gasteiger partial charge in [-0.15, -0.1) is 10.2 Å². The molecule has 1 atom stereocenters. The highest BCUT2D eigenvalue weighted by Gasteiger charge is 2.35. The summed E-state index contributed by atoms with van der Waals surface area (Å²) in [5, 5.41) is 8.82. The van der Waals surface area contributed by atoms with Crippen molar-refractivity contribution in [2.45, 2.75) is 46.2 Å². The first kappa shape index (κ1) is 13.3. The molecule has 0 aliphatic carbocycles. The molecule has 20 heavy (non-hydrogen) atoms. The zero-order valence-electron chi connectivity index (χ0n) is 12.0. The largest absolute Gasteiger partial charge is 0.342 e. The molecule has 0 saturated heterocycles. The Morgan fingerprint density at radius 2 is 2.10 bits per heavy atom. The molecule has 0 radical (unpaired) electrons. The number of nitrogens with zero attached hydrogens (tertiary/aromatic N) is 6. The molecule has 0 amide bonds. The van der Waals surface area contributed by atoms with E-state index in [9.17, 15) is 0 Å². The van der Waals surface area contributed by atoms with Crippen LogP contribution in [-0.2, 0) is 0 Å². The Bertz CT molecular complexity index is 650. The number of fused-ring (bicyclic) bond motifs is 3. The van der Waals surface area contributed by atoms with Crippen molar-refractivity contribution in [2.24, 2.45) is 0 Å². The van der Waals surface area contributed by atoms with E-state index in [4.69, 9.17) is 11.6 Å². The number of aryl methyl sites for hydroxylation is 1. The van der Waals surface area contributed by atoms with E-state index in [0.29, 0.717) is 0 Å². The Balaban J connectivity index is 2.31. The van der Waals surface area contributed by atoms with Crippen molar-refractivity contribution in [1.29, 1.82) is 0 Å². The lowest BCUT2D eigenvalue weighted by atomic mass is 10.1. The van der Waals surface area contributed by atoms with E-state index < -0.39 is 0 Å². The molecule has 1 aliphatic heterocycles. The predicted molar refractivity (Wildman–Crippen MR) is 77.3 cm³/mol. The summed E-state index contributed by atoms with van der Waals surface area (Å²) in [6.07, 6.45) is 2.67. The topological polar surface area (TPSA) is 59.7 Å². The van der Waals surface area contributed by atoms with Gasteiger partial charge < -0.3 is 4.90 Å². The average molecular weight is 293 g/mol. The number of hydrogen-bond acceptors (Lipinski definition) is 5. The summed E-state index contributed by atoms with van der Waals surface area (Å²) in [6, 6.07) is 0.435. The lowest BCUT2D eigenvalue weighted by Gasteiger charge is -2.39. The average Bonchev–Trinajstić information content (AvgIpc) is 2.79. The van der Waals surface area contributed by atoms with Crippen LogP contribution in [0.25, 0.3) is 5.69 Å². The molecule has 106 valence electrons. The van der Waals surface area contributed by atoms with Crippen LogP contribution in [0.3, 0.4) is 0 Å². The van der Waals surface area contributed by atoms with Crippen molar-refractivity contribution in [1.82, 2.24) is 24.7 Å². The van der Waals surface area contributed by atoms with E-state index in [0.717, 1.165) is 29.6 Å². The van der Waals surface area contributed by atoms with Gasteiger partial charge in [0.2, 0.25) is 5.28 Å². The van der Waals surface area contributed by atoms with E-state index in [1.807, 2.05) is 11.5 Å². The zero-order chi connectivity index (χ0) is 14.4. The van der Waals surface area contributed by atoms with Gasteiger partial charge in [-0.25, -0.2) is 4.98 Å². The second-order valence-electron chi connectivity index (χ2n) is 5.21. The molecular formula is C13H17ClN6. The highest BCUT2D eigenvalue weighted by molar-refractivity contribution is 6.28. The van der Waals surface area contributed by atoms with Crippen LogP contribution in [0.2, 0.25) is 5.28 Å². The Morgan fingerprint density at radius 3 is 2.75 bits per heavy atom. The number of anilines is 1. The number of aromatic nitrogens is 5. The first-order valence-corrected chi connectivity index (χ1v) is 7.15. The van der Waals surface area contributed by atoms with Crippen LogP contribution in [0.5, 0.6) is 0 Å². The summed E-state index contributed by atoms with van der Waals surface area (Å²) in [6.45, 7) is 8.36. The minimum absolute atomic E-state index is 0.148. The molecule has 0 aromatic carbocycles. The Hall–Kier alpha value is -1.69. The van der Waals surface area contributed by atoms with E-state index in [-0.39, 0.29) is 17.4 Å². The van der Waals surface area contributed by atoms with Gasteiger partial charge in [0.1, 0.15) is 11.5 Å². The van der Waals surface area contributed by atoms with Gasteiger partial charge in [-0.1, -0.05) is 6.92 Å². The quantitative estimate of drug-likeness (QED) is 0.797. The summed E-state index contributed by atoms with van der Waals surface area (Å²) in [5.74, 6) is 2.63. The van der Waals surface area contributed by atoms with Crippen LogP contribution in [0.1, 0.15) is 44.9 Å². The minimum Gasteiger partial charge on any atom is -0.342 e. The summed E-state index contributed by atoms with van der Waals surface area (Å²) in [7, 11) is 0. The molecule has 2 aromatic heterocycles. The molecule has 3 heterocycles. The van der Waals surface area contributed by atoms with Crippen molar-refractivity contribution >= 4 is 17.4 Å². The van der Waals surface area contributed by atoms with Crippen molar-refractivity contribution in [3.63, 3.8) is 0 Å². The molecule has 2 aromatic rings. The summed E-state index contributed by atoms with van der Waals surface area (Å²) in [4.78, 5) is 10.8. The van der Waals surface area contributed by atoms with Gasteiger partial charge in [0.25, 0.3) is 0 Å². The number of hydrogen-bond donors (Lipinski definition) is 0. The fraction of sp³-hybridized carbons (Fsp3) is 0.538. The Labute approximate surface area is 122 Å². The molecular weight excluding hydrogens is 276 g/mol. The maximum absolute atomic E-state index is 5.99. The Morgan fingerprint density at radius 1 is 1.35 bits per heavy atom. The monoisotopic (exact) mass is 292 g/mol. The fourth-order valence-electron chi connectivity index (χ4n) is 2.84. The van der Waals surface area contributed by atoms with Crippen molar-refractivity contribution in [3.05, 3.63) is 23.1 Å². The third kappa shape index (κ3) is 1.78. The smallest absolute Gasteiger partial charge is 0.224 e. The van der Waals surface area contributed by atoms with Crippen LogP contribution in [0.4, 0.5) is 5.82 Å². The molecule has 0 unspecified atom stereocenters. The maximum Gasteiger partial charge on any atom is 0.224 e. The number of halogens is 1. The van der Waals surface area contributed by atoms with E-state index >= 15 is 0 Å². The summed E-state index contributed by atoms with van der Waals surface area (Å²) < 4.78 is 2.03. The van der Waals surface area contributed by atoms with Crippen LogP contribution in [0.15, 0.2) is 6.20 Å². The van der Waals surface area contributed by atoms with Crippen LogP contribution < -0.4 is 4.90 Å². The molecule has 7 heteroatoms. The maximum atomic E-state index is 5.99. The van der Waals surface area contributed by atoms with Gasteiger partial charge in [0.05, 0.1) is 12.2 Å². The Kier molecular flexibility index (Phi) is 3.12. The van der Waals surface area contributed by atoms with Crippen LogP contribution >= 0.6 is 11.6 Å².